The average Bonchev–Trinajstić information content (AvgIpc) is 2.71. The Morgan fingerprint density at radius 3 is 2.18 bits per heavy atom. The van der Waals surface area contributed by atoms with Crippen molar-refractivity contribution in [1.82, 2.24) is 10.2 Å². The minimum atomic E-state index is -3.75. The van der Waals surface area contributed by atoms with E-state index in [1.54, 1.807) is 6.07 Å². The first-order valence-corrected chi connectivity index (χ1v) is 13.4. The van der Waals surface area contributed by atoms with Crippen molar-refractivity contribution in [2.24, 2.45) is 0 Å². The van der Waals surface area contributed by atoms with Crippen molar-refractivity contribution in [2.45, 2.75) is 66.6 Å². The summed E-state index contributed by atoms with van der Waals surface area (Å²) in [6.45, 7) is 11.1. The van der Waals surface area contributed by atoms with Crippen LogP contribution >= 0.6 is 0 Å². The van der Waals surface area contributed by atoms with Gasteiger partial charge >= 0.3 is 0 Å². The molecule has 0 saturated carbocycles. The molecule has 0 aromatic heterocycles. The molecule has 0 fully saturated rings. The Kier molecular flexibility index (Phi) is 9.27. The number of rotatable bonds is 10. The molecule has 34 heavy (non-hydrogen) atoms. The van der Waals surface area contributed by atoms with Gasteiger partial charge in [0.15, 0.2) is 0 Å². The monoisotopic (exact) mass is 487 g/mol. The molecule has 186 valence electrons. The third kappa shape index (κ3) is 7.32. The number of benzene rings is 2. The normalized spacial score (nSPS) is 12.4. The maximum absolute atomic E-state index is 13.7. The van der Waals surface area contributed by atoms with Crippen LogP contribution in [0.15, 0.2) is 42.5 Å². The number of nitrogens with zero attached hydrogens (tertiary/aromatic N) is 2. The SMILES string of the molecule is CC[C@@H](C(=O)NC(C)C)N(Cc1cccc(C)c1)C(=O)CN(c1ccc(C)cc1C)S(C)(=O)=O. The van der Waals surface area contributed by atoms with Gasteiger partial charge in [-0.2, -0.15) is 0 Å². The van der Waals surface area contributed by atoms with Gasteiger partial charge in [-0.05, 0) is 58.2 Å². The van der Waals surface area contributed by atoms with E-state index in [0.29, 0.717) is 12.1 Å². The molecule has 2 aromatic carbocycles. The number of amides is 2. The van der Waals surface area contributed by atoms with Crippen LogP contribution in [0.3, 0.4) is 0 Å². The number of hydrogen-bond donors (Lipinski definition) is 1. The van der Waals surface area contributed by atoms with Gasteiger partial charge in [0.25, 0.3) is 0 Å². The predicted octanol–water partition coefficient (Wildman–Crippen LogP) is 3.71. The largest absolute Gasteiger partial charge is 0.352 e. The summed E-state index contributed by atoms with van der Waals surface area (Å²) in [5.74, 6) is -0.686. The van der Waals surface area contributed by atoms with E-state index in [4.69, 9.17) is 0 Å². The minimum absolute atomic E-state index is 0.0832. The first-order chi connectivity index (χ1) is 15.8. The van der Waals surface area contributed by atoms with Crippen molar-refractivity contribution in [1.29, 1.82) is 0 Å². The number of hydrogen-bond acceptors (Lipinski definition) is 4. The molecule has 0 aliphatic heterocycles. The number of carbonyl (C=O) groups is 2. The third-order valence-corrected chi connectivity index (χ3v) is 6.68. The van der Waals surface area contributed by atoms with E-state index in [1.165, 1.54) is 4.90 Å². The summed E-state index contributed by atoms with van der Waals surface area (Å²) in [4.78, 5) is 28.2. The van der Waals surface area contributed by atoms with Gasteiger partial charge in [0.2, 0.25) is 21.8 Å². The molecule has 1 atom stereocenters. The van der Waals surface area contributed by atoms with E-state index in [9.17, 15) is 18.0 Å². The van der Waals surface area contributed by atoms with Crippen LogP contribution in [0.4, 0.5) is 5.69 Å². The van der Waals surface area contributed by atoms with Crippen LogP contribution in [0.1, 0.15) is 49.4 Å². The Morgan fingerprint density at radius 1 is 1.00 bits per heavy atom. The van der Waals surface area contributed by atoms with Crippen molar-refractivity contribution in [3.63, 3.8) is 0 Å². The molecule has 0 aliphatic rings. The van der Waals surface area contributed by atoms with E-state index < -0.39 is 22.0 Å². The summed E-state index contributed by atoms with van der Waals surface area (Å²) < 4.78 is 26.6. The van der Waals surface area contributed by atoms with Crippen LogP contribution in [0.5, 0.6) is 0 Å². The summed E-state index contributed by atoms with van der Waals surface area (Å²) in [5.41, 5.74) is 4.13. The van der Waals surface area contributed by atoms with Crippen LogP contribution in [0.2, 0.25) is 0 Å². The van der Waals surface area contributed by atoms with E-state index in [2.05, 4.69) is 5.32 Å². The van der Waals surface area contributed by atoms with Gasteiger partial charge in [0.1, 0.15) is 12.6 Å². The quantitative estimate of drug-likeness (QED) is 0.554. The predicted molar refractivity (Wildman–Crippen MR) is 137 cm³/mol. The first-order valence-electron chi connectivity index (χ1n) is 11.5. The summed E-state index contributed by atoms with van der Waals surface area (Å²) in [7, 11) is -3.75. The Morgan fingerprint density at radius 2 is 1.65 bits per heavy atom. The molecule has 0 radical (unpaired) electrons. The second kappa shape index (κ2) is 11.5. The van der Waals surface area contributed by atoms with Gasteiger partial charge in [0, 0.05) is 12.6 Å². The Hall–Kier alpha value is -2.87. The molecular formula is C26H37N3O4S. The molecule has 0 unspecified atom stereocenters. The molecule has 2 amide bonds. The lowest BCUT2D eigenvalue weighted by Crippen LogP contribution is -2.53. The van der Waals surface area contributed by atoms with Gasteiger partial charge in [-0.1, -0.05) is 54.4 Å². The molecule has 8 heteroatoms. The second-order valence-electron chi connectivity index (χ2n) is 9.16. The highest BCUT2D eigenvalue weighted by atomic mass is 32.2. The van der Waals surface area contributed by atoms with Crippen LogP contribution < -0.4 is 9.62 Å². The van der Waals surface area contributed by atoms with Crippen LogP contribution in [0.25, 0.3) is 0 Å². The molecule has 2 aromatic rings. The highest BCUT2D eigenvalue weighted by molar-refractivity contribution is 7.92. The summed E-state index contributed by atoms with van der Waals surface area (Å²) >= 11 is 0. The smallest absolute Gasteiger partial charge is 0.244 e. The fourth-order valence-electron chi connectivity index (χ4n) is 3.99. The van der Waals surface area contributed by atoms with Crippen LogP contribution in [-0.4, -0.2) is 50.0 Å². The number of aryl methyl sites for hydroxylation is 3. The molecule has 0 saturated heterocycles. The molecule has 0 bridgehead atoms. The van der Waals surface area contributed by atoms with Gasteiger partial charge in [-0.15, -0.1) is 0 Å². The molecule has 0 spiro atoms. The van der Waals surface area contributed by atoms with Crippen molar-refractivity contribution in [3.8, 4) is 0 Å². The van der Waals surface area contributed by atoms with Gasteiger partial charge in [-0.25, -0.2) is 8.42 Å². The maximum atomic E-state index is 13.7. The average molecular weight is 488 g/mol. The highest BCUT2D eigenvalue weighted by Crippen LogP contribution is 2.24. The number of anilines is 1. The number of carbonyl (C=O) groups excluding carboxylic acids is 2. The van der Waals surface area contributed by atoms with Crippen molar-refractivity contribution >= 4 is 27.5 Å². The van der Waals surface area contributed by atoms with E-state index in [1.807, 2.05) is 77.9 Å². The molecule has 0 aliphatic carbocycles. The van der Waals surface area contributed by atoms with Crippen LogP contribution in [0, 0.1) is 20.8 Å². The zero-order valence-corrected chi connectivity index (χ0v) is 22.1. The molecule has 7 nitrogen and oxygen atoms in total. The lowest BCUT2D eigenvalue weighted by Gasteiger charge is -2.33. The number of sulfonamides is 1. The van der Waals surface area contributed by atoms with E-state index in [-0.39, 0.29) is 25.0 Å². The maximum Gasteiger partial charge on any atom is 0.244 e. The van der Waals surface area contributed by atoms with Gasteiger partial charge in [0.05, 0.1) is 11.9 Å². The summed E-state index contributed by atoms with van der Waals surface area (Å²) in [6.07, 6.45) is 1.49. The zero-order valence-electron chi connectivity index (χ0n) is 21.3. The molecule has 2 rings (SSSR count). The fraction of sp³-hybridized carbons (Fsp3) is 0.462. The summed E-state index contributed by atoms with van der Waals surface area (Å²) in [6, 6.07) is 12.3. The first kappa shape index (κ1) is 27.4. The Balaban J connectivity index is 2.48. The number of nitrogens with one attached hydrogen (secondary N) is 1. The topological polar surface area (TPSA) is 86.8 Å². The summed E-state index contributed by atoms with van der Waals surface area (Å²) in [5, 5.41) is 2.89. The second-order valence-corrected chi connectivity index (χ2v) is 11.1. The molecular weight excluding hydrogens is 450 g/mol. The lowest BCUT2D eigenvalue weighted by molar-refractivity contribution is -0.140. The molecule has 0 heterocycles. The Labute approximate surface area is 204 Å². The van der Waals surface area contributed by atoms with E-state index in [0.717, 1.165) is 32.8 Å². The lowest BCUT2D eigenvalue weighted by atomic mass is 10.1. The van der Waals surface area contributed by atoms with E-state index >= 15 is 0 Å². The Bertz CT molecular complexity index is 1130. The fourth-order valence-corrected chi connectivity index (χ4v) is 4.89. The van der Waals surface area contributed by atoms with Crippen molar-refractivity contribution < 1.29 is 18.0 Å². The van der Waals surface area contributed by atoms with Crippen LogP contribution in [-0.2, 0) is 26.2 Å². The third-order valence-electron chi connectivity index (χ3n) is 5.55. The van der Waals surface area contributed by atoms with Gasteiger partial charge < -0.3 is 10.2 Å². The van der Waals surface area contributed by atoms with Gasteiger partial charge in [-0.3, -0.25) is 13.9 Å². The molecule has 1 N–H and O–H groups in total. The standard InChI is InChI=1S/C26H37N3O4S/c1-8-23(26(31)27-18(2)3)28(16-22-11-9-10-19(4)15-22)25(30)17-29(34(7,32)33)24-13-12-20(5)14-21(24)6/h9-15,18,23H,8,16-17H2,1-7H3,(H,27,31)/t23-/m0/s1. The van der Waals surface area contributed by atoms with Crippen molar-refractivity contribution in [3.05, 3.63) is 64.7 Å². The minimum Gasteiger partial charge on any atom is -0.352 e. The van der Waals surface area contributed by atoms with Crippen molar-refractivity contribution in [2.75, 3.05) is 17.1 Å². The zero-order chi connectivity index (χ0) is 25.6. The highest BCUT2D eigenvalue weighted by Gasteiger charge is 2.32.